The lowest BCUT2D eigenvalue weighted by atomic mass is 10.1. The molecule has 1 N–H and O–H groups in total. The molecule has 2 aromatic rings. The molecule has 0 aliphatic heterocycles. The van der Waals surface area contributed by atoms with Crippen LogP contribution in [0, 0.1) is 0 Å². The van der Waals surface area contributed by atoms with Crippen LogP contribution in [0.5, 0.6) is 11.5 Å². The van der Waals surface area contributed by atoms with Gasteiger partial charge in [0.15, 0.2) is 0 Å². The van der Waals surface area contributed by atoms with Gasteiger partial charge in [-0.2, -0.15) is 0 Å². The zero-order valence-corrected chi connectivity index (χ0v) is 16.0. The van der Waals surface area contributed by atoms with Crippen LogP contribution >= 0.6 is 0 Å². The number of nitrogens with one attached hydrogen (secondary N) is 1. The Balaban J connectivity index is 1.85. The summed E-state index contributed by atoms with van der Waals surface area (Å²) in [5, 5.41) is 2.77. The van der Waals surface area contributed by atoms with Crippen LogP contribution in [0.25, 0.3) is 0 Å². The highest BCUT2D eigenvalue weighted by atomic mass is 16.5. The van der Waals surface area contributed by atoms with Gasteiger partial charge in [0.2, 0.25) is 11.8 Å². The predicted molar refractivity (Wildman–Crippen MR) is 105 cm³/mol. The number of nitrogens with zero attached hydrogens (tertiary/aromatic N) is 1. The Labute approximate surface area is 160 Å². The number of likely N-dealkylation sites (N-methyl/N-ethyl adjacent to an activating group) is 1. The number of amides is 2. The molecule has 0 heterocycles. The van der Waals surface area contributed by atoms with Gasteiger partial charge in [-0.15, -0.1) is 0 Å². The van der Waals surface area contributed by atoms with Crippen LogP contribution < -0.4 is 14.8 Å². The molecule has 144 valence electrons. The van der Waals surface area contributed by atoms with Gasteiger partial charge in [-0.1, -0.05) is 24.3 Å². The maximum Gasteiger partial charge on any atom is 0.243 e. The first-order valence-electron chi connectivity index (χ1n) is 8.92. The Hall–Kier alpha value is -3.02. The number of hydrogen-bond donors (Lipinski definition) is 1. The third kappa shape index (κ3) is 6.33. The number of rotatable bonds is 9. The average molecular weight is 370 g/mol. The molecule has 2 aromatic carbocycles. The van der Waals surface area contributed by atoms with E-state index >= 15 is 0 Å². The second kappa shape index (κ2) is 10.2. The largest absolute Gasteiger partial charge is 0.497 e. The molecule has 2 rings (SSSR count). The van der Waals surface area contributed by atoms with Crippen molar-refractivity contribution in [2.75, 3.05) is 32.6 Å². The lowest BCUT2D eigenvalue weighted by molar-refractivity contribution is -0.133. The van der Waals surface area contributed by atoms with Crippen molar-refractivity contribution in [3.8, 4) is 11.5 Å². The highest BCUT2D eigenvalue weighted by Crippen LogP contribution is 2.20. The van der Waals surface area contributed by atoms with E-state index in [1.807, 2.05) is 31.2 Å². The summed E-state index contributed by atoms with van der Waals surface area (Å²) in [5.41, 5.74) is 1.62. The fraction of sp³-hybridized carbons (Fsp3) is 0.333. The van der Waals surface area contributed by atoms with Crippen molar-refractivity contribution in [2.24, 2.45) is 0 Å². The van der Waals surface area contributed by atoms with Crippen molar-refractivity contribution in [1.29, 1.82) is 0 Å². The third-order valence-electron chi connectivity index (χ3n) is 4.04. The van der Waals surface area contributed by atoms with Gasteiger partial charge in [0.25, 0.3) is 0 Å². The summed E-state index contributed by atoms with van der Waals surface area (Å²) in [6.07, 6.45) is 0.879. The Morgan fingerprint density at radius 3 is 2.63 bits per heavy atom. The van der Waals surface area contributed by atoms with Crippen LogP contribution in [0.3, 0.4) is 0 Å². The van der Waals surface area contributed by atoms with Crippen molar-refractivity contribution in [2.45, 2.75) is 19.8 Å². The quantitative estimate of drug-likeness (QED) is 0.736. The molecule has 0 aromatic heterocycles. The van der Waals surface area contributed by atoms with Crippen molar-refractivity contribution >= 4 is 17.5 Å². The Morgan fingerprint density at radius 2 is 1.89 bits per heavy atom. The summed E-state index contributed by atoms with van der Waals surface area (Å²) in [5.74, 6) is 1.10. The number of carbonyl (C=O) groups excluding carboxylic acids is 2. The van der Waals surface area contributed by atoms with Crippen LogP contribution in [0.4, 0.5) is 5.69 Å². The Kier molecular flexibility index (Phi) is 7.67. The number of methoxy groups -OCH3 is 1. The minimum absolute atomic E-state index is 0.0108. The zero-order valence-electron chi connectivity index (χ0n) is 16.0. The van der Waals surface area contributed by atoms with Gasteiger partial charge in [0, 0.05) is 25.2 Å². The first-order chi connectivity index (χ1) is 13.0. The van der Waals surface area contributed by atoms with Crippen LogP contribution in [-0.4, -0.2) is 44.0 Å². The molecule has 6 nitrogen and oxygen atoms in total. The van der Waals surface area contributed by atoms with Gasteiger partial charge >= 0.3 is 0 Å². The number of aryl methyl sites for hydroxylation is 1. The van der Waals surface area contributed by atoms with Gasteiger partial charge in [-0.3, -0.25) is 9.59 Å². The summed E-state index contributed by atoms with van der Waals surface area (Å²) >= 11 is 0. The predicted octanol–water partition coefficient (Wildman–Crippen LogP) is 3.12. The van der Waals surface area contributed by atoms with Crippen molar-refractivity contribution in [3.63, 3.8) is 0 Å². The first-order valence-corrected chi connectivity index (χ1v) is 8.92. The van der Waals surface area contributed by atoms with Crippen molar-refractivity contribution < 1.29 is 19.1 Å². The summed E-state index contributed by atoms with van der Waals surface area (Å²) in [6, 6.07) is 14.8. The summed E-state index contributed by atoms with van der Waals surface area (Å²) in [6.45, 7) is 2.50. The normalized spacial score (nSPS) is 10.2. The van der Waals surface area contributed by atoms with E-state index < -0.39 is 0 Å². The number of anilines is 1. The van der Waals surface area contributed by atoms with Crippen molar-refractivity contribution in [1.82, 2.24) is 4.90 Å². The van der Waals surface area contributed by atoms with E-state index in [1.165, 1.54) is 4.90 Å². The maximum atomic E-state index is 12.4. The summed E-state index contributed by atoms with van der Waals surface area (Å²) < 4.78 is 10.7. The summed E-state index contributed by atoms with van der Waals surface area (Å²) in [7, 11) is 3.19. The smallest absolute Gasteiger partial charge is 0.243 e. The lowest BCUT2D eigenvalue weighted by Crippen LogP contribution is -2.35. The molecule has 0 radical (unpaired) electrons. The molecule has 0 fully saturated rings. The maximum absolute atomic E-state index is 12.4. The zero-order chi connectivity index (χ0) is 19.6. The topological polar surface area (TPSA) is 67.9 Å². The fourth-order valence-electron chi connectivity index (χ4n) is 2.64. The van der Waals surface area contributed by atoms with Crippen LogP contribution in [0.2, 0.25) is 0 Å². The van der Waals surface area contributed by atoms with Gasteiger partial charge in [-0.25, -0.2) is 0 Å². The second-order valence-electron chi connectivity index (χ2n) is 6.07. The van der Waals surface area contributed by atoms with E-state index in [4.69, 9.17) is 9.47 Å². The fourth-order valence-corrected chi connectivity index (χ4v) is 2.64. The number of hydrogen-bond acceptors (Lipinski definition) is 4. The van der Waals surface area contributed by atoms with E-state index in [0.29, 0.717) is 30.9 Å². The number of benzene rings is 2. The monoisotopic (exact) mass is 370 g/mol. The molecule has 0 spiro atoms. The van der Waals surface area contributed by atoms with Gasteiger partial charge in [-0.05, 0) is 37.1 Å². The Bertz CT molecular complexity index is 776. The van der Waals surface area contributed by atoms with Gasteiger partial charge in [0.1, 0.15) is 11.5 Å². The van der Waals surface area contributed by atoms with E-state index in [0.717, 1.165) is 11.3 Å². The van der Waals surface area contributed by atoms with E-state index in [1.54, 1.807) is 38.4 Å². The molecule has 27 heavy (non-hydrogen) atoms. The highest BCUT2D eigenvalue weighted by Gasteiger charge is 2.14. The number of para-hydroxylation sites is 1. The molecule has 0 atom stereocenters. The minimum Gasteiger partial charge on any atom is -0.497 e. The number of carbonyl (C=O) groups is 2. The molecule has 0 aliphatic carbocycles. The minimum atomic E-state index is -0.256. The van der Waals surface area contributed by atoms with E-state index in [2.05, 4.69) is 5.32 Å². The van der Waals surface area contributed by atoms with Crippen LogP contribution in [0.15, 0.2) is 48.5 Å². The Morgan fingerprint density at radius 1 is 1.11 bits per heavy atom. The van der Waals surface area contributed by atoms with E-state index in [-0.39, 0.29) is 18.4 Å². The second-order valence-corrected chi connectivity index (χ2v) is 6.07. The molecule has 2 amide bonds. The molecule has 0 unspecified atom stereocenters. The molecule has 0 saturated heterocycles. The molecule has 0 aliphatic rings. The number of ether oxygens (including phenoxy) is 2. The molecule has 0 saturated carbocycles. The molecular formula is C21H26N2O4. The molecule has 0 bridgehead atoms. The van der Waals surface area contributed by atoms with Crippen molar-refractivity contribution in [3.05, 3.63) is 54.1 Å². The van der Waals surface area contributed by atoms with E-state index in [9.17, 15) is 9.59 Å². The lowest BCUT2D eigenvalue weighted by Gasteiger charge is -2.17. The summed E-state index contributed by atoms with van der Waals surface area (Å²) in [4.78, 5) is 26.0. The SMILES string of the molecule is CCOc1ccccc1CCC(=O)N(C)CC(=O)Nc1cccc(OC)c1. The molecular weight excluding hydrogens is 344 g/mol. The van der Waals surface area contributed by atoms with Crippen LogP contribution in [-0.2, 0) is 16.0 Å². The standard InChI is InChI=1S/C21H26N2O4/c1-4-27-19-11-6-5-8-16(19)12-13-21(25)23(2)15-20(24)22-17-9-7-10-18(14-17)26-3/h5-11,14H,4,12-13,15H2,1-3H3,(H,22,24). The molecule has 6 heteroatoms. The first kappa shape index (κ1) is 20.3. The van der Waals surface area contributed by atoms with Gasteiger partial charge < -0.3 is 19.7 Å². The average Bonchev–Trinajstić information content (AvgIpc) is 2.67. The van der Waals surface area contributed by atoms with Gasteiger partial charge in [0.05, 0.1) is 20.3 Å². The highest BCUT2D eigenvalue weighted by molar-refractivity contribution is 5.94. The third-order valence-corrected chi connectivity index (χ3v) is 4.04. The van der Waals surface area contributed by atoms with Crippen LogP contribution in [0.1, 0.15) is 18.9 Å².